The predicted molar refractivity (Wildman–Crippen MR) is 120 cm³/mol. The molecule has 0 bridgehead atoms. The van der Waals surface area contributed by atoms with Gasteiger partial charge in [0, 0.05) is 33.6 Å². The van der Waals surface area contributed by atoms with Crippen molar-refractivity contribution in [2.45, 2.75) is 19.5 Å². The monoisotopic (exact) mass is 461 g/mol. The zero-order chi connectivity index (χ0) is 20.0. The summed E-state index contributed by atoms with van der Waals surface area (Å²) in [4.78, 5) is 0. The Balaban J connectivity index is 1.43. The highest BCUT2D eigenvalue weighted by Gasteiger charge is 2.15. The van der Waals surface area contributed by atoms with Crippen LogP contribution in [0.3, 0.4) is 0 Å². The SMILES string of the molecule is C[N+](C)(CCCNCc1ccc(-c2ccc(Cl)cc2Br)o1)Cc1ccccc1. The van der Waals surface area contributed by atoms with Gasteiger partial charge in [-0.2, -0.15) is 0 Å². The average Bonchev–Trinajstić information content (AvgIpc) is 3.10. The standard InChI is InChI=1S/C23H27BrClN2O/c1-27(2,17-18-7-4-3-5-8-18)14-6-13-26-16-20-10-12-23(28-20)21-11-9-19(25)15-22(21)24/h3-5,7-12,15,26H,6,13-14,16-17H2,1-2H3/q+1. The molecule has 1 aromatic heterocycles. The van der Waals surface area contributed by atoms with Gasteiger partial charge in [0.2, 0.25) is 0 Å². The van der Waals surface area contributed by atoms with E-state index in [1.807, 2.05) is 30.3 Å². The van der Waals surface area contributed by atoms with Gasteiger partial charge in [-0.15, -0.1) is 0 Å². The Kier molecular flexibility index (Phi) is 7.36. The first-order chi connectivity index (χ1) is 13.4. The van der Waals surface area contributed by atoms with Gasteiger partial charge in [0.1, 0.15) is 18.1 Å². The second-order valence-corrected chi connectivity index (χ2v) is 9.01. The van der Waals surface area contributed by atoms with E-state index in [0.717, 1.165) is 58.6 Å². The van der Waals surface area contributed by atoms with Gasteiger partial charge in [0.05, 0.1) is 27.2 Å². The lowest BCUT2D eigenvalue weighted by Gasteiger charge is -2.30. The summed E-state index contributed by atoms with van der Waals surface area (Å²) in [6.07, 6.45) is 1.12. The number of nitrogens with zero attached hydrogens (tertiary/aromatic N) is 1. The molecule has 0 atom stereocenters. The highest BCUT2D eigenvalue weighted by molar-refractivity contribution is 9.10. The van der Waals surface area contributed by atoms with E-state index in [-0.39, 0.29) is 0 Å². The summed E-state index contributed by atoms with van der Waals surface area (Å²) in [5.41, 5.74) is 2.40. The van der Waals surface area contributed by atoms with Crippen LogP contribution in [0.2, 0.25) is 5.02 Å². The van der Waals surface area contributed by atoms with Crippen molar-refractivity contribution in [2.75, 3.05) is 27.2 Å². The van der Waals surface area contributed by atoms with Crippen molar-refractivity contribution < 1.29 is 8.90 Å². The quantitative estimate of drug-likeness (QED) is 0.306. The van der Waals surface area contributed by atoms with Crippen LogP contribution >= 0.6 is 27.5 Å². The van der Waals surface area contributed by atoms with Crippen LogP contribution < -0.4 is 5.32 Å². The molecule has 0 aliphatic rings. The second-order valence-electron chi connectivity index (χ2n) is 7.72. The first-order valence-corrected chi connectivity index (χ1v) is 10.7. The van der Waals surface area contributed by atoms with Gasteiger partial charge in [0.25, 0.3) is 0 Å². The smallest absolute Gasteiger partial charge is 0.135 e. The number of hydrogen-bond acceptors (Lipinski definition) is 2. The zero-order valence-corrected chi connectivity index (χ0v) is 18.8. The molecular formula is C23H27BrClN2O+. The molecular weight excluding hydrogens is 436 g/mol. The maximum Gasteiger partial charge on any atom is 0.135 e. The topological polar surface area (TPSA) is 25.2 Å². The molecule has 3 rings (SSSR count). The van der Waals surface area contributed by atoms with Crippen LogP contribution in [-0.4, -0.2) is 31.7 Å². The molecule has 0 aliphatic heterocycles. The van der Waals surface area contributed by atoms with Gasteiger partial charge < -0.3 is 14.2 Å². The number of halogens is 2. The normalized spacial score (nSPS) is 11.7. The summed E-state index contributed by atoms with van der Waals surface area (Å²) in [5.74, 6) is 1.79. The lowest BCUT2D eigenvalue weighted by atomic mass is 10.2. The fourth-order valence-corrected chi connectivity index (χ4v) is 4.19. The minimum Gasteiger partial charge on any atom is -0.460 e. The fraction of sp³-hybridized carbons (Fsp3) is 0.304. The Morgan fingerprint density at radius 1 is 1.04 bits per heavy atom. The Bertz CT molecular complexity index is 893. The number of furan rings is 1. The Morgan fingerprint density at radius 2 is 1.82 bits per heavy atom. The number of rotatable bonds is 9. The van der Waals surface area contributed by atoms with Crippen molar-refractivity contribution in [3.05, 3.63) is 81.5 Å². The van der Waals surface area contributed by atoms with E-state index in [9.17, 15) is 0 Å². The third-order valence-electron chi connectivity index (χ3n) is 4.73. The molecule has 3 nitrogen and oxygen atoms in total. The largest absolute Gasteiger partial charge is 0.460 e. The molecule has 0 saturated carbocycles. The van der Waals surface area contributed by atoms with Crippen LogP contribution in [0, 0.1) is 0 Å². The van der Waals surface area contributed by atoms with Crippen LogP contribution in [-0.2, 0) is 13.1 Å². The highest BCUT2D eigenvalue weighted by Crippen LogP contribution is 2.31. The first-order valence-electron chi connectivity index (χ1n) is 9.54. The van der Waals surface area contributed by atoms with Gasteiger partial charge in [-0.05, 0) is 46.3 Å². The van der Waals surface area contributed by atoms with E-state index < -0.39 is 0 Å². The first kappa shape index (κ1) is 21.1. The lowest BCUT2D eigenvalue weighted by Crippen LogP contribution is -2.40. The van der Waals surface area contributed by atoms with Crippen LogP contribution in [0.5, 0.6) is 0 Å². The third-order valence-corrected chi connectivity index (χ3v) is 5.62. The van der Waals surface area contributed by atoms with Crippen LogP contribution in [0.25, 0.3) is 11.3 Å². The molecule has 0 spiro atoms. The second kappa shape index (κ2) is 9.75. The maximum absolute atomic E-state index is 6.01. The van der Waals surface area contributed by atoms with E-state index in [4.69, 9.17) is 16.0 Å². The lowest BCUT2D eigenvalue weighted by molar-refractivity contribution is -0.903. The number of hydrogen-bond donors (Lipinski definition) is 1. The Hall–Kier alpha value is -1.59. The average molecular weight is 463 g/mol. The molecule has 1 N–H and O–H groups in total. The molecule has 0 unspecified atom stereocenters. The molecule has 28 heavy (non-hydrogen) atoms. The number of nitrogens with one attached hydrogen (secondary N) is 1. The van der Waals surface area contributed by atoms with Gasteiger partial charge in [-0.25, -0.2) is 0 Å². The third kappa shape index (κ3) is 6.21. The Labute approximate surface area is 181 Å². The van der Waals surface area contributed by atoms with Crippen molar-refractivity contribution in [2.24, 2.45) is 0 Å². The van der Waals surface area contributed by atoms with Crippen LogP contribution in [0.15, 0.2) is 69.6 Å². The molecule has 0 radical (unpaired) electrons. The van der Waals surface area contributed by atoms with Crippen molar-refractivity contribution in [1.82, 2.24) is 5.32 Å². The van der Waals surface area contributed by atoms with Gasteiger partial charge in [0.15, 0.2) is 0 Å². The molecule has 5 heteroatoms. The molecule has 0 fully saturated rings. The van der Waals surface area contributed by atoms with E-state index in [1.54, 1.807) is 0 Å². The van der Waals surface area contributed by atoms with E-state index in [2.05, 4.69) is 65.7 Å². The summed E-state index contributed by atoms with van der Waals surface area (Å²) in [5, 5.41) is 4.20. The van der Waals surface area contributed by atoms with Gasteiger partial charge >= 0.3 is 0 Å². The highest BCUT2D eigenvalue weighted by atomic mass is 79.9. The molecule has 148 valence electrons. The van der Waals surface area contributed by atoms with E-state index >= 15 is 0 Å². The van der Waals surface area contributed by atoms with Gasteiger partial charge in [-0.1, -0.05) is 41.9 Å². The number of benzene rings is 2. The van der Waals surface area contributed by atoms with Crippen molar-refractivity contribution in [3.8, 4) is 11.3 Å². The molecule has 1 heterocycles. The summed E-state index contributed by atoms with van der Waals surface area (Å²) in [6, 6.07) is 20.4. The summed E-state index contributed by atoms with van der Waals surface area (Å²) in [7, 11) is 4.57. The maximum atomic E-state index is 6.01. The fourth-order valence-electron chi connectivity index (χ4n) is 3.31. The Morgan fingerprint density at radius 3 is 2.57 bits per heavy atom. The number of quaternary nitrogens is 1. The minimum atomic E-state index is 0.706. The van der Waals surface area contributed by atoms with Gasteiger partial charge in [-0.3, -0.25) is 0 Å². The van der Waals surface area contributed by atoms with E-state index in [0.29, 0.717) is 5.02 Å². The zero-order valence-electron chi connectivity index (χ0n) is 16.4. The van der Waals surface area contributed by atoms with Crippen LogP contribution in [0.4, 0.5) is 0 Å². The minimum absolute atomic E-state index is 0.706. The molecule has 2 aromatic carbocycles. The van der Waals surface area contributed by atoms with Crippen molar-refractivity contribution in [3.63, 3.8) is 0 Å². The summed E-state index contributed by atoms with van der Waals surface area (Å²) in [6.45, 7) is 3.88. The van der Waals surface area contributed by atoms with Crippen molar-refractivity contribution >= 4 is 27.5 Å². The van der Waals surface area contributed by atoms with E-state index in [1.165, 1.54) is 5.56 Å². The molecule has 0 saturated heterocycles. The molecule has 3 aromatic rings. The van der Waals surface area contributed by atoms with Crippen LogP contribution in [0.1, 0.15) is 17.7 Å². The summed E-state index contributed by atoms with van der Waals surface area (Å²) >= 11 is 9.56. The van der Waals surface area contributed by atoms with Crippen molar-refractivity contribution in [1.29, 1.82) is 0 Å². The molecule has 0 amide bonds. The predicted octanol–water partition coefficient (Wildman–Crippen LogP) is 6.12. The summed E-state index contributed by atoms with van der Waals surface area (Å²) < 4.78 is 7.90. The molecule has 0 aliphatic carbocycles.